The number of pyridine rings is 1. The number of benzene rings is 2. The summed E-state index contributed by atoms with van der Waals surface area (Å²) in [5.41, 5.74) is 2.70. The maximum Gasteiger partial charge on any atom is 0.268 e. The van der Waals surface area contributed by atoms with E-state index in [1.807, 2.05) is 61.5 Å². The average Bonchev–Trinajstić information content (AvgIpc) is 2.75. The van der Waals surface area contributed by atoms with Crippen LogP contribution in [0.1, 0.15) is 5.56 Å². The topological polar surface area (TPSA) is 76.9 Å². The summed E-state index contributed by atoms with van der Waals surface area (Å²) in [6.07, 6.45) is 1.60. The first-order valence-corrected chi connectivity index (χ1v) is 10.0. The number of aromatic nitrogens is 3. The number of hydrogen-bond acceptors (Lipinski definition) is 5. The van der Waals surface area contributed by atoms with Gasteiger partial charge in [0.1, 0.15) is 0 Å². The molecular formula is C22H18N4O2S. The van der Waals surface area contributed by atoms with E-state index in [2.05, 4.69) is 15.3 Å². The van der Waals surface area contributed by atoms with Crippen LogP contribution in [0, 0.1) is 6.92 Å². The molecule has 0 saturated heterocycles. The van der Waals surface area contributed by atoms with Gasteiger partial charge in [-0.2, -0.15) is 0 Å². The molecule has 1 amide bonds. The van der Waals surface area contributed by atoms with Gasteiger partial charge in [-0.1, -0.05) is 47.7 Å². The molecular weight excluding hydrogens is 384 g/mol. The van der Waals surface area contributed by atoms with Gasteiger partial charge in [0, 0.05) is 11.9 Å². The number of amides is 1. The van der Waals surface area contributed by atoms with Crippen molar-refractivity contribution in [1.82, 2.24) is 14.5 Å². The van der Waals surface area contributed by atoms with Crippen LogP contribution in [-0.4, -0.2) is 26.2 Å². The number of aryl methyl sites for hydroxylation is 1. The molecule has 0 spiro atoms. The lowest BCUT2D eigenvalue weighted by Gasteiger charge is -2.12. The van der Waals surface area contributed by atoms with Crippen molar-refractivity contribution in [3.63, 3.8) is 0 Å². The van der Waals surface area contributed by atoms with E-state index in [0.717, 1.165) is 11.3 Å². The molecule has 0 aliphatic rings. The number of nitrogens with zero attached hydrogens (tertiary/aromatic N) is 3. The number of anilines is 1. The van der Waals surface area contributed by atoms with E-state index >= 15 is 0 Å². The molecule has 144 valence electrons. The number of hydrogen-bond donors (Lipinski definition) is 1. The Hall–Kier alpha value is -3.45. The minimum Gasteiger partial charge on any atom is -0.325 e. The molecule has 0 unspecified atom stereocenters. The van der Waals surface area contributed by atoms with E-state index < -0.39 is 0 Å². The van der Waals surface area contributed by atoms with Crippen LogP contribution in [-0.2, 0) is 4.79 Å². The Balaban J connectivity index is 1.64. The summed E-state index contributed by atoms with van der Waals surface area (Å²) in [7, 11) is 0. The molecule has 29 heavy (non-hydrogen) atoms. The Bertz CT molecular complexity index is 1220. The average molecular weight is 402 g/mol. The highest BCUT2D eigenvalue weighted by Gasteiger charge is 2.15. The van der Waals surface area contributed by atoms with Gasteiger partial charge in [0.2, 0.25) is 5.91 Å². The van der Waals surface area contributed by atoms with Crippen LogP contribution in [0.25, 0.3) is 16.7 Å². The Kier molecular flexibility index (Phi) is 5.39. The summed E-state index contributed by atoms with van der Waals surface area (Å²) in [6, 6.07) is 20.3. The van der Waals surface area contributed by atoms with Gasteiger partial charge in [0.25, 0.3) is 5.56 Å². The van der Waals surface area contributed by atoms with Crippen molar-refractivity contribution in [3.8, 4) is 5.69 Å². The predicted molar refractivity (Wildman–Crippen MR) is 116 cm³/mol. The molecule has 0 aliphatic carbocycles. The van der Waals surface area contributed by atoms with Crippen LogP contribution in [0.15, 0.2) is 82.9 Å². The molecule has 0 atom stereocenters. The number of rotatable bonds is 5. The van der Waals surface area contributed by atoms with Crippen molar-refractivity contribution in [1.29, 1.82) is 0 Å². The number of para-hydroxylation sites is 1. The van der Waals surface area contributed by atoms with E-state index in [1.165, 1.54) is 16.3 Å². The molecule has 0 fully saturated rings. The fourth-order valence-corrected chi connectivity index (χ4v) is 3.67. The molecule has 2 heterocycles. The maximum absolute atomic E-state index is 13.1. The highest BCUT2D eigenvalue weighted by Crippen LogP contribution is 2.21. The molecule has 0 radical (unpaired) electrons. The summed E-state index contributed by atoms with van der Waals surface area (Å²) >= 11 is 1.20. The lowest BCUT2D eigenvalue weighted by atomic mass is 10.2. The van der Waals surface area contributed by atoms with Gasteiger partial charge in [-0.3, -0.25) is 14.2 Å². The fraction of sp³-hybridized carbons (Fsp3) is 0.0909. The van der Waals surface area contributed by atoms with Crippen LogP contribution in [0.5, 0.6) is 0 Å². The normalized spacial score (nSPS) is 10.8. The van der Waals surface area contributed by atoms with Crippen LogP contribution in [0.2, 0.25) is 0 Å². The van der Waals surface area contributed by atoms with Crippen molar-refractivity contribution in [3.05, 3.63) is 88.8 Å². The van der Waals surface area contributed by atoms with E-state index in [-0.39, 0.29) is 17.2 Å². The molecule has 0 bridgehead atoms. The van der Waals surface area contributed by atoms with E-state index in [4.69, 9.17) is 0 Å². The van der Waals surface area contributed by atoms with Crippen LogP contribution >= 0.6 is 11.8 Å². The number of fused-ring (bicyclic) bond motifs is 1. The van der Waals surface area contributed by atoms with Crippen molar-refractivity contribution in [2.24, 2.45) is 0 Å². The third-order valence-electron chi connectivity index (χ3n) is 4.30. The molecule has 4 aromatic rings. The third kappa shape index (κ3) is 4.20. The molecule has 4 rings (SSSR count). The van der Waals surface area contributed by atoms with E-state index in [9.17, 15) is 9.59 Å². The number of thioether (sulfide) groups is 1. The van der Waals surface area contributed by atoms with Crippen LogP contribution in [0.3, 0.4) is 0 Å². The smallest absolute Gasteiger partial charge is 0.268 e. The number of carbonyl (C=O) groups excluding carboxylic acids is 1. The fourth-order valence-electron chi connectivity index (χ4n) is 2.87. The van der Waals surface area contributed by atoms with Gasteiger partial charge in [-0.05, 0) is 43.3 Å². The summed E-state index contributed by atoms with van der Waals surface area (Å²) in [4.78, 5) is 34.2. The molecule has 2 aromatic heterocycles. The third-order valence-corrected chi connectivity index (χ3v) is 5.23. The van der Waals surface area contributed by atoms with Crippen LogP contribution < -0.4 is 10.9 Å². The molecule has 2 aromatic carbocycles. The zero-order valence-electron chi connectivity index (χ0n) is 15.7. The van der Waals surface area contributed by atoms with E-state index in [1.54, 1.807) is 18.3 Å². The summed E-state index contributed by atoms with van der Waals surface area (Å²) in [5.74, 6) is -0.0558. The van der Waals surface area contributed by atoms with Gasteiger partial charge in [0.05, 0.1) is 16.8 Å². The first-order chi connectivity index (χ1) is 14.1. The predicted octanol–water partition coefficient (Wildman–Crippen LogP) is 3.82. The summed E-state index contributed by atoms with van der Waals surface area (Å²) in [6.45, 7) is 1.99. The van der Waals surface area contributed by atoms with Crippen molar-refractivity contribution in [2.75, 3.05) is 11.1 Å². The van der Waals surface area contributed by atoms with E-state index in [0.29, 0.717) is 21.9 Å². The highest BCUT2D eigenvalue weighted by molar-refractivity contribution is 7.99. The minimum absolute atomic E-state index is 0.117. The monoisotopic (exact) mass is 402 g/mol. The Labute approximate surface area is 171 Å². The second kappa shape index (κ2) is 8.28. The van der Waals surface area contributed by atoms with Gasteiger partial charge in [-0.15, -0.1) is 0 Å². The Morgan fingerprint density at radius 2 is 1.79 bits per heavy atom. The van der Waals surface area contributed by atoms with Gasteiger partial charge < -0.3 is 5.32 Å². The Morgan fingerprint density at radius 1 is 1.03 bits per heavy atom. The molecule has 6 nitrogen and oxygen atoms in total. The Morgan fingerprint density at radius 3 is 2.55 bits per heavy atom. The first-order valence-electron chi connectivity index (χ1n) is 9.04. The van der Waals surface area contributed by atoms with Crippen molar-refractivity contribution in [2.45, 2.75) is 12.1 Å². The van der Waals surface area contributed by atoms with Gasteiger partial charge in [-0.25, -0.2) is 9.97 Å². The molecule has 0 saturated carbocycles. The molecule has 1 N–H and O–H groups in total. The number of carbonyl (C=O) groups is 1. The SMILES string of the molecule is Cc1ccc(NC(=O)CSc2nc3ncccc3c(=O)n2-c2ccccc2)cc1. The quantitative estimate of drug-likeness (QED) is 0.406. The molecule has 7 heteroatoms. The largest absolute Gasteiger partial charge is 0.325 e. The van der Waals surface area contributed by atoms with Crippen molar-refractivity contribution < 1.29 is 4.79 Å². The zero-order valence-corrected chi connectivity index (χ0v) is 16.5. The first kappa shape index (κ1) is 18.9. The maximum atomic E-state index is 13.1. The molecule has 0 aliphatic heterocycles. The lowest BCUT2D eigenvalue weighted by molar-refractivity contribution is -0.113. The lowest BCUT2D eigenvalue weighted by Crippen LogP contribution is -2.23. The standard InChI is InChI=1S/C22H18N4O2S/c1-15-9-11-16(12-10-15)24-19(27)14-29-22-25-20-18(8-5-13-23-20)21(28)26(22)17-6-3-2-4-7-17/h2-13H,14H2,1H3,(H,24,27). The highest BCUT2D eigenvalue weighted by atomic mass is 32.2. The summed E-state index contributed by atoms with van der Waals surface area (Å²) in [5, 5.41) is 3.72. The van der Waals surface area contributed by atoms with Gasteiger partial charge >= 0.3 is 0 Å². The number of nitrogens with one attached hydrogen (secondary N) is 1. The second-order valence-corrected chi connectivity index (χ2v) is 7.39. The van der Waals surface area contributed by atoms with Gasteiger partial charge in [0.15, 0.2) is 10.8 Å². The van der Waals surface area contributed by atoms with Crippen molar-refractivity contribution >= 4 is 34.4 Å². The summed E-state index contributed by atoms with van der Waals surface area (Å²) < 4.78 is 1.52. The second-order valence-electron chi connectivity index (χ2n) is 6.45. The zero-order chi connectivity index (χ0) is 20.2. The van der Waals surface area contributed by atoms with Crippen LogP contribution in [0.4, 0.5) is 5.69 Å². The minimum atomic E-state index is -0.212.